The van der Waals surface area contributed by atoms with Gasteiger partial charge in [0.1, 0.15) is 0 Å². The van der Waals surface area contributed by atoms with Crippen molar-refractivity contribution in [2.45, 2.75) is 19.5 Å². The van der Waals surface area contributed by atoms with Gasteiger partial charge in [-0.05, 0) is 24.6 Å². The highest BCUT2D eigenvalue weighted by molar-refractivity contribution is 5.85. The molecule has 0 bridgehead atoms. The van der Waals surface area contributed by atoms with Crippen LogP contribution in [0.3, 0.4) is 0 Å². The summed E-state index contributed by atoms with van der Waals surface area (Å²) in [4.78, 5) is 14.6. The summed E-state index contributed by atoms with van der Waals surface area (Å²) in [6.45, 7) is 2.42. The summed E-state index contributed by atoms with van der Waals surface area (Å²) >= 11 is 0. The van der Waals surface area contributed by atoms with E-state index in [-0.39, 0.29) is 11.7 Å². The number of nitrogens with zero attached hydrogens (tertiary/aromatic N) is 2. The van der Waals surface area contributed by atoms with Gasteiger partial charge in [0, 0.05) is 24.5 Å². The first kappa shape index (κ1) is 12.3. The first-order chi connectivity index (χ1) is 8.66. The Balaban J connectivity index is 1.93. The van der Waals surface area contributed by atoms with Crippen LogP contribution in [-0.4, -0.2) is 21.2 Å². The minimum Gasteiger partial charge on any atom is -0.476 e. The van der Waals surface area contributed by atoms with Gasteiger partial charge in [0.15, 0.2) is 11.5 Å². The summed E-state index contributed by atoms with van der Waals surface area (Å²) in [6, 6.07) is 5.36. The lowest BCUT2D eigenvalue weighted by Gasteiger charge is -2.12. The van der Waals surface area contributed by atoms with Gasteiger partial charge in [-0.1, -0.05) is 5.16 Å². The third-order valence-corrected chi connectivity index (χ3v) is 2.57. The molecule has 0 spiro atoms. The minimum absolute atomic E-state index is 0.0802. The Bertz CT molecular complexity index is 524. The zero-order valence-electron chi connectivity index (χ0n) is 9.83. The van der Waals surface area contributed by atoms with Crippen molar-refractivity contribution in [1.29, 1.82) is 0 Å². The molecule has 94 valence electrons. The van der Waals surface area contributed by atoms with Crippen molar-refractivity contribution in [3.8, 4) is 0 Å². The average Bonchev–Trinajstić information content (AvgIpc) is 2.86. The Morgan fingerprint density at radius 1 is 1.50 bits per heavy atom. The maximum atomic E-state index is 10.6. The van der Waals surface area contributed by atoms with Gasteiger partial charge in [0.25, 0.3) is 0 Å². The van der Waals surface area contributed by atoms with E-state index in [0.717, 1.165) is 5.56 Å². The van der Waals surface area contributed by atoms with Gasteiger partial charge in [0.05, 0.1) is 6.54 Å². The standard InChI is InChI=1S/C12H13N3O3/c1-8(9-2-4-13-5-3-9)14-7-10-6-11(12(16)17)15-18-10/h2-6,8,14H,7H2,1H3,(H,16,17)/t8-/m1/s1. The number of hydrogen-bond acceptors (Lipinski definition) is 5. The van der Waals surface area contributed by atoms with E-state index in [1.54, 1.807) is 12.4 Å². The number of pyridine rings is 1. The fraction of sp³-hybridized carbons (Fsp3) is 0.250. The fourth-order valence-electron chi connectivity index (χ4n) is 1.52. The van der Waals surface area contributed by atoms with E-state index in [4.69, 9.17) is 9.63 Å². The largest absolute Gasteiger partial charge is 0.476 e. The van der Waals surface area contributed by atoms with Crippen LogP contribution in [0.25, 0.3) is 0 Å². The average molecular weight is 247 g/mol. The van der Waals surface area contributed by atoms with Gasteiger partial charge in [-0.2, -0.15) is 0 Å². The summed E-state index contributed by atoms with van der Waals surface area (Å²) < 4.78 is 4.91. The molecule has 0 unspecified atom stereocenters. The van der Waals surface area contributed by atoms with Crippen molar-refractivity contribution in [2.75, 3.05) is 0 Å². The number of aromatic carboxylic acids is 1. The predicted molar refractivity (Wildman–Crippen MR) is 63.0 cm³/mol. The molecule has 2 rings (SSSR count). The van der Waals surface area contributed by atoms with Crippen LogP contribution in [0.1, 0.15) is 34.8 Å². The van der Waals surface area contributed by atoms with E-state index >= 15 is 0 Å². The Morgan fingerprint density at radius 3 is 2.83 bits per heavy atom. The summed E-state index contributed by atoms with van der Waals surface area (Å²) in [5.74, 6) is -0.597. The molecule has 2 N–H and O–H groups in total. The van der Waals surface area contributed by atoms with Crippen molar-refractivity contribution in [2.24, 2.45) is 0 Å². The Kier molecular flexibility index (Phi) is 3.69. The molecule has 0 aromatic carbocycles. The second kappa shape index (κ2) is 5.42. The summed E-state index contributed by atoms with van der Waals surface area (Å²) in [5.41, 5.74) is 1.02. The summed E-state index contributed by atoms with van der Waals surface area (Å²) in [7, 11) is 0. The van der Waals surface area contributed by atoms with Crippen molar-refractivity contribution < 1.29 is 14.4 Å². The molecule has 0 aliphatic carbocycles. The highest BCUT2D eigenvalue weighted by Gasteiger charge is 2.11. The van der Waals surface area contributed by atoms with Crippen LogP contribution in [-0.2, 0) is 6.54 Å². The number of carbonyl (C=O) groups is 1. The SMILES string of the molecule is C[C@@H](NCc1cc(C(=O)O)no1)c1ccncc1. The molecule has 2 aromatic rings. The van der Waals surface area contributed by atoms with Crippen molar-refractivity contribution in [1.82, 2.24) is 15.5 Å². The molecular formula is C12H13N3O3. The number of carboxylic acids is 1. The molecule has 0 saturated carbocycles. The third kappa shape index (κ3) is 2.92. The first-order valence-electron chi connectivity index (χ1n) is 5.49. The molecule has 0 aliphatic rings. The minimum atomic E-state index is -1.09. The van der Waals surface area contributed by atoms with E-state index in [0.29, 0.717) is 12.3 Å². The molecule has 2 heterocycles. The first-order valence-corrected chi connectivity index (χ1v) is 5.49. The van der Waals surface area contributed by atoms with E-state index in [1.807, 2.05) is 19.1 Å². The quantitative estimate of drug-likeness (QED) is 0.834. The normalized spacial score (nSPS) is 12.3. The zero-order chi connectivity index (χ0) is 13.0. The van der Waals surface area contributed by atoms with Crippen LogP contribution in [0.5, 0.6) is 0 Å². The lowest BCUT2D eigenvalue weighted by atomic mass is 10.1. The highest BCUT2D eigenvalue weighted by Crippen LogP contribution is 2.12. The molecule has 0 fully saturated rings. The number of rotatable bonds is 5. The predicted octanol–water partition coefficient (Wildman–Crippen LogP) is 1.62. The van der Waals surface area contributed by atoms with Crippen LogP contribution in [0.15, 0.2) is 35.1 Å². The van der Waals surface area contributed by atoms with Crippen LogP contribution in [0, 0.1) is 0 Å². The maximum absolute atomic E-state index is 10.6. The summed E-state index contributed by atoms with van der Waals surface area (Å²) in [6.07, 6.45) is 3.45. The second-order valence-electron chi connectivity index (χ2n) is 3.87. The fourth-order valence-corrected chi connectivity index (χ4v) is 1.52. The topological polar surface area (TPSA) is 88.2 Å². The number of nitrogens with one attached hydrogen (secondary N) is 1. The number of carboxylic acid groups (broad SMARTS) is 1. The molecular weight excluding hydrogens is 234 g/mol. The van der Waals surface area contributed by atoms with E-state index < -0.39 is 5.97 Å². The molecule has 1 atom stereocenters. The molecule has 6 heteroatoms. The smallest absolute Gasteiger partial charge is 0.358 e. The monoisotopic (exact) mass is 247 g/mol. The molecule has 0 aliphatic heterocycles. The van der Waals surface area contributed by atoms with Crippen molar-refractivity contribution >= 4 is 5.97 Å². The molecule has 18 heavy (non-hydrogen) atoms. The van der Waals surface area contributed by atoms with Crippen LogP contribution < -0.4 is 5.32 Å². The zero-order valence-corrected chi connectivity index (χ0v) is 9.83. The van der Waals surface area contributed by atoms with Crippen LogP contribution in [0.2, 0.25) is 0 Å². The van der Waals surface area contributed by atoms with Gasteiger partial charge in [0.2, 0.25) is 0 Å². The molecule has 2 aromatic heterocycles. The molecule has 0 amide bonds. The summed E-state index contributed by atoms with van der Waals surface area (Å²) in [5, 5.41) is 15.4. The molecule has 0 radical (unpaired) electrons. The molecule has 6 nitrogen and oxygen atoms in total. The van der Waals surface area contributed by atoms with Gasteiger partial charge < -0.3 is 14.9 Å². The number of hydrogen-bond donors (Lipinski definition) is 2. The van der Waals surface area contributed by atoms with Gasteiger partial charge in [-0.3, -0.25) is 4.98 Å². The van der Waals surface area contributed by atoms with Gasteiger partial charge >= 0.3 is 5.97 Å². The van der Waals surface area contributed by atoms with Gasteiger partial charge in [-0.15, -0.1) is 0 Å². The second-order valence-corrected chi connectivity index (χ2v) is 3.87. The Labute approximate surface area is 104 Å². The van der Waals surface area contributed by atoms with Crippen LogP contribution >= 0.6 is 0 Å². The maximum Gasteiger partial charge on any atom is 0.358 e. The van der Waals surface area contributed by atoms with Gasteiger partial charge in [-0.25, -0.2) is 4.79 Å². The molecule has 0 saturated heterocycles. The number of aromatic nitrogens is 2. The third-order valence-electron chi connectivity index (χ3n) is 2.57. The van der Waals surface area contributed by atoms with E-state index in [9.17, 15) is 4.79 Å². The highest BCUT2D eigenvalue weighted by atomic mass is 16.5. The van der Waals surface area contributed by atoms with Crippen LogP contribution in [0.4, 0.5) is 0 Å². The van der Waals surface area contributed by atoms with E-state index in [2.05, 4.69) is 15.5 Å². The van der Waals surface area contributed by atoms with Crippen molar-refractivity contribution in [3.05, 3.63) is 47.6 Å². The Hall–Kier alpha value is -2.21. The van der Waals surface area contributed by atoms with E-state index in [1.165, 1.54) is 6.07 Å². The lowest BCUT2D eigenvalue weighted by Crippen LogP contribution is -2.17. The Morgan fingerprint density at radius 2 is 2.22 bits per heavy atom. The lowest BCUT2D eigenvalue weighted by molar-refractivity contribution is 0.0685. The van der Waals surface area contributed by atoms with Crippen molar-refractivity contribution in [3.63, 3.8) is 0 Å².